The van der Waals surface area contributed by atoms with Crippen LogP contribution in [0.25, 0.3) is 27.6 Å². The maximum absolute atomic E-state index is 9.57. The summed E-state index contributed by atoms with van der Waals surface area (Å²) in [4.78, 5) is 9.52. The third kappa shape index (κ3) is 5.56. The van der Waals surface area contributed by atoms with Gasteiger partial charge in [-0.15, -0.1) is 0 Å². The zero-order valence-electron chi connectivity index (χ0n) is 20.7. The van der Waals surface area contributed by atoms with Gasteiger partial charge in [-0.05, 0) is 63.1 Å². The van der Waals surface area contributed by atoms with E-state index in [0.717, 1.165) is 39.0 Å². The molecular weight excluding hydrogens is 476 g/mol. The summed E-state index contributed by atoms with van der Waals surface area (Å²) < 4.78 is 5.37. The minimum Gasteiger partial charge on any atom is -0.394 e. The van der Waals surface area contributed by atoms with E-state index in [1.165, 1.54) is 6.21 Å². The highest BCUT2D eigenvalue weighted by molar-refractivity contribution is 6.30. The fraction of sp³-hybridized carbons (Fsp3) is 0.259. The van der Waals surface area contributed by atoms with Gasteiger partial charge in [0, 0.05) is 34.9 Å². The van der Waals surface area contributed by atoms with E-state index in [1.807, 2.05) is 70.2 Å². The number of hydrogen-bond donors (Lipinski definition) is 4. The summed E-state index contributed by atoms with van der Waals surface area (Å²) in [7, 11) is 0. The molecule has 2 aromatic carbocycles. The molecule has 4 N–H and O–H groups in total. The van der Waals surface area contributed by atoms with Gasteiger partial charge in [0.15, 0.2) is 5.82 Å². The largest absolute Gasteiger partial charge is 0.394 e. The molecule has 186 valence electrons. The van der Waals surface area contributed by atoms with Crippen LogP contribution in [0.15, 0.2) is 53.2 Å². The highest BCUT2D eigenvalue weighted by atomic mass is 35.5. The molecule has 0 amide bonds. The van der Waals surface area contributed by atoms with Gasteiger partial charge in [0.1, 0.15) is 11.6 Å². The number of aliphatic hydroxyl groups is 1. The molecular formula is C27H29ClN6O2. The molecule has 0 saturated carbocycles. The Labute approximate surface area is 214 Å². The second-order valence-corrected chi connectivity index (χ2v) is 9.68. The molecule has 0 saturated heterocycles. The van der Waals surface area contributed by atoms with Gasteiger partial charge < -0.3 is 25.7 Å². The van der Waals surface area contributed by atoms with Crippen LogP contribution in [0.5, 0.6) is 0 Å². The minimum absolute atomic E-state index is 0.0652. The standard InChI is InChI=1S/C27H29ClN6O2/c1-16-24(17(2)36-34-16)19-8-9-23-22(11-19)26(30-13-18-6-5-7-21(28)10-18)33-25(32-23)20(12-29)14-31-27(3,4)15-35/h5-12,14,29,31,35H,13,15H2,1-4H3,(H,30,32,33)/b20-14+,29-12?. The number of rotatable bonds is 9. The number of aryl methyl sites for hydroxylation is 2. The number of anilines is 1. The highest BCUT2D eigenvalue weighted by Crippen LogP contribution is 2.32. The summed E-state index contributed by atoms with van der Waals surface area (Å²) in [5.41, 5.74) is 4.36. The third-order valence-corrected chi connectivity index (χ3v) is 6.03. The smallest absolute Gasteiger partial charge is 0.165 e. The molecule has 0 radical (unpaired) electrons. The highest BCUT2D eigenvalue weighted by Gasteiger charge is 2.17. The molecule has 0 aliphatic carbocycles. The fourth-order valence-electron chi connectivity index (χ4n) is 3.77. The van der Waals surface area contributed by atoms with Crippen LogP contribution >= 0.6 is 11.6 Å². The molecule has 4 rings (SSSR count). The average Bonchev–Trinajstić information content (AvgIpc) is 3.20. The summed E-state index contributed by atoms with van der Waals surface area (Å²) in [5.74, 6) is 1.75. The molecule has 4 aromatic rings. The van der Waals surface area contributed by atoms with Gasteiger partial charge in [0.05, 0.1) is 28.9 Å². The molecule has 0 atom stereocenters. The van der Waals surface area contributed by atoms with E-state index in [1.54, 1.807) is 6.20 Å². The van der Waals surface area contributed by atoms with Crippen molar-refractivity contribution < 1.29 is 9.63 Å². The first-order valence-electron chi connectivity index (χ1n) is 11.5. The normalized spacial score (nSPS) is 12.1. The van der Waals surface area contributed by atoms with Crippen molar-refractivity contribution in [2.75, 3.05) is 11.9 Å². The molecule has 0 spiro atoms. The quantitative estimate of drug-likeness (QED) is 0.221. The van der Waals surface area contributed by atoms with Crippen LogP contribution < -0.4 is 10.6 Å². The maximum Gasteiger partial charge on any atom is 0.165 e. The summed E-state index contributed by atoms with van der Waals surface area (Å²) in [6.45, 7) is 7.96. The van der Waals surface area contributed by atoms with E-state index in [-0.39, 0.29) is 6.61 Å². The first-order valence-corrected chi connectivity index (χ1v) is 11.9. The second-order valence-electron chi connectivity index (χ2n) is 9.24. The van der Waals surface area contributed by atoms with Gasteiger partial charge in [0.2, 0.25) is 0 Å². The van der Waals surface area contributed by atoms with Crippen LogP contribution in [-0.4, -0.2) is 38.6 Å². The lowest BCUT2D eigenvalue weighted by molar-refractivity contribution is 0.202. The van der Waals surface area contributed by atoms with Gasteiger partial charge in [-0.25, -0.2) is 9.97 Å². The molecule has 0 aliphatic heterocycles. The molecule has 8 nitrogen and oxygen atoms in total. The van der Waals surface area contributed by atoms with Crippen LogP contribution in [0.3, 0.4) is 0 Å². The molecule has 0 bridgehead atoms. The van der Waals surface area contributed by atoms with Gasteiger partial charge >= 0.3 is 0 Å². The van der Waals surface area contributed by atoms with E-state index in [2.05, 4.69) is 15.8 Å². The van der Waals surface area contributed by atoms with E-state index in [0.29, 0.717) is 28.8 Å². The lowest BCUT2D eigenvalue weighted by Crippen LogP contribution is -2.39. The Morgan fingerprint density at radius 1 is 1.17 bits per heavy atom. The summed E-state index contributed by atoms with van der Waals surface area (Å²) in [6, 6.07) is 13.6. The number of aliphatic hydroxyl groups excluding tert-OH is 1. The number of nitrogens with one attached hydrogen (secondary N) is 3. The number of nitrogens with zero attached hydrogens (tertiary/aromatic N) is 3. The van der Waals surface area contributed by atoms with Gasteiger partial charge in [-0.3, -0.25) is 0 Å². The molecule has 2 heterocycles. The third-order valence-electron chi connectivity index (χ3n) is 5.79. The summed E-state index contributed by atoms with van der Waals surface area (Å²) in [6.07, 6.45) is 2.85. The molecule has 0 unspecified atom stereocenters. The Balaban J connectivity index is 1.81. The number of halogens is 1. The van der Waals surface area contributed by atoms with Crippen molar-refractivity contribution in [3.05, 3.63) is 76.5 Å². The van der Waals surface area contributed by atoms with Gasteiger partial charge in [0.25, 0.3) is 0 Å². The zero-order chi connectivity index (χ0) is 25.9. The lowest BCUT2D eigenvalue weighted by Gasteiger charge is -2.22. The predicted octanol–water partition coefficient (Wildman–Crippen LogP) is 5.52. The number of aromatic nitrogens is 3. The van der Waals surface area contributed by atoms with Crippen molar-refractivity contribution in [3.8, 4) is 11.1 Å². The Kier molecular flexibility index (Phi) is 7.37. The van der Waals surface area contributed by atoms with Crippen molar-refractivity contribution in [1.82, 2.24) is 20.4 Å². The van der Waals surface area contributed by atoms with Crippen molar-refractivity contribution >= 4 is 40.1 Å². The number of hydrogen-bond acceptors (Lipinski definition) is 8. The van der Waals surface area contributed by atoms with Crippen LogP contribution in [0, 0.1) is 19.3 Å². The van der Waals surface area contributed by atoms with Crippen molar-refractivity contribution in [2.45, 2.75) is 39.8 Å². The van der Waals surface area contributed by atoms with Gasteiger partial charge in [-0.2, -0.15) is 0 Å². The predicted molar refractivity (Wildman–Crippen MR) is 144 cm³/mol. The first kappa shape index (κ1) is 25.3. The Morgan fingerprint density at radius 3 is 2.64 bits per heavy atom. The van der Waals surface area contributed by atoms with Crippen LogP contribution in [0.2, 0.25) is 5.02 Å². The Hall–Kier alpha value is -3.75. The van der Waals surface area contributed by atoms with Crippen molar-refractivity contribution in [3.63, 3.8) is 0 Å². The Bertz CT molecular complexity index is 1420. The zero-order valence-corrected chi connectivity index (χ0v) is 21.4. The first-order chi connectivity index (χ1) is 17.2. The molecule has 2 aromatic heterocycles. The minimum atomic E-state index is -0.554. The van der Waals surface area contributed by atoms with E-state index < -0.39 is 5.54 Å². The monoisotopic (exact) mass is 504 g/mol. The van der Waals surface area contributed by atoms with Crippen LogP contribution in [0.1, 0.15) is 36.7 Å². The Morgan fingerprint density at radius 2 is 1.97 bits per heavy atom. The van der Waals surface area contributed by atoms with Gasteiger partial charge in [-0.1, -0.05) is 35.0 Å². The number of benzene rings is 2. The molecule has 0 aliphatic rings. The average molecular weight is 505 g/mol. The number of fused-ring (bicyclic) bond motifs is 1. The van der Waals surface area contributed by atoms with E-state index >= 15 is 0 Å². The van der Waals surface area contributed by atoms with E-state index in [9.17, 15) is 5.11 Å². The van der Waals surface area contributed by atoms with E-state index in [4.69, 9.17) is 31.5 Å². The molecule has 36 heavy (non-hydrogen) atoms. The SMILES string of the molecule is Cc1noc(C)c1-c1ccc2nc(/C(C=N)=C/NC(C)(C)CO)nc(NCc3cccc(Cl)c3)c2c1. The molecule has 9 heteroatoms. The van der Waals surface area contributed by atoms with Crippen LogP contribution in [-0.2, 0) is 6.54 Å². The van der Waals surface area contributed by atoms with Crippen molar-refractivity contribution in [1.29, 1.82) is 5.41 Å². The summed E-state index contributed by atoms with van der Waals surface area (Å²) >= 11 is 6.17. The van der Waals surface area contributed by atoms with Crippen molar-refractivity contribution in [2.24, 2.45) is 0 Å². The molecule has 0 fully saturated rings. The fourth-order valence-corrected chi connectivity index (χ4v) is 3.98. The second kappa shape index (κ2) is 10.5. The lowest BCUT2D eigenvalue weighted by atomic mass is 10.0. The van der Waals surface area contributed by atoms with Crippen LogP contribution in [0.4, 0.5) is 5.82 Å². The topological polar surface area (TPSA) is 120 Å². The number of allylic oxidation sites excluding steroid dienone is 1. The maximum atomic E-state index is 9.57. The summed E-state index contributed by atoms with van der Waals surface area (Å²) in [5, 5.41) is 29.6.